The predicted octanol–water partition coefficient (Wildman–Crippen LogP) is 4.76. The molecule has 6 rings (SSSR count). The van der Waals surface area contributed by atoms with E-state index in [9.17, 15) is 15.3 Å². The predicted molar refractivity (Wildman–Crippen MR) is 139 cm³/mol. The molecule has 0 bridgehead atoms. The zero-order valence-electron chi connectivity index (χ0n) is 22.7. The fourth-order valence-electron chi connectivity index (χ4n) is 4.41. The van der Waals surface area contributed by atoms with Crippen molar-refractivity contribution >= 4 is 41.1 Å². The summed E-state index contributed by atoms with van der Waals surface area (Å²) in [6.07, 6.45) is 1.59. The normalized spacial score (nSPS) is 20.0. The van der Waals surface area contributed by atoms with Gasteiger partial charge < -0.3 is 24.6 Å². The number of phenols is 3. The second-order valence-electron chi connectivity index (χ2n) is 8.52. The molecule has 0 amide bonds. The molecule has 2 aliphatic heterocycles. The molecule has 9 heteroatoms. The van der Waals surface area contributed by atoms with Gasteiger partial charge in [0, 0.05) is 34.7 Å². The van der Waals surface area contributed by atoms with Gasteiger partial charge >= 0.3 is 0 Å². The maximum Gasteiger partial charge on any atom is 0.169 e. The van der Waals surface area contributed by atoms with Gasteiger partial charge in [-0.2, -0.15) is 0 Å². The molecule has 0 radical (unpaired) electrons. The van der Waals surface area contributed by atoms with E-state index in [0.717, 1.165) is 10.5 Å². The highest BCUT2D eigenvalue weighted by Gasteiger charge is 2.25. The molecule has 2 aliphatic rings. The molecule has 7 nitrogen and oxygen atoms in total. The van der Waals surface area contributed by atoms with Gasteiger partial charge in [0.15, 0.2) is 16.5 Å². The monoisotopic (exact) mass is 530 g/mol. The molecule has 1 fully saturated rings. The van der Waals surface area contributed by atoms with E-state index < -0.39 is 31.2 Å². The Balaban J connectivity index is 0.00000323. The first-order valence-electron chi connectivity index (χ1n) is 13.0. The fourth-order valence-corrected chi connectivity index (χ4v) is 4.61. The summed E-state index contributed by atoms with van der Waals surface area (Å²) >= 11 is 6.12. The van der Waals surface area contributed by atoms with Crippen molar-refractivity contribution in [3.8, 4) is 23.0 Å². The number of hydrogen-bond acceptors (Lipinski definition) is 7. The minimum absolute atomic E-state index is 0. The summed E-state index contributed by atoms with van der Waals surface area (Å²) < 4.78 is 40.8. The van der Waals surface area contributed by atoms with Gasteiger partial charge in [-0.05, 0) is 67.7 Å². The Bertz CT molecular complexity index is 1740. The number of phenolic OH excluding ortho intramolecular Hbond substituents is 3. The third-order valence-electron chi connectivity index (χ3n) is 6.25. The van der Waals surface area contributed by atoms with E-state index in [-0.39, 0.29) is 69.8 Å². The molecule has 3 heterocycles. The maximum absolute atomic E-state index is 11.3. The third kappa shape index (κ3) is 4.34. The molecular formula is C27H24Cl2N2O5. The van der Waals surface area contributed by atoms with E-state index in [1.165, 1.54) is 18.2 Å². The lowest BCUT2D eigenvalue weighted by molar-refractivity contribution is 0.200. The van der Waals surface area contributed by atoms with Crippen LogP contribution < -0.4 is 15.6 Å². The van der Waals surface area contributed by atoms with E-state index in [4.69, 9.17) is 26.3 Å². The number of rotatable bonds is 3. The molecule has 0 aliphatic carbocycles. The molecule has 1 saturated heterocycles. The number of piperidine rings is 1. The Morgan fingerprint density at radius 3 is 2.67 bits per heavy atom. The van der Waals surface area contributed by atoms with E-state index in [2.05, 4.69) is 5.16 Å². The minimum Gasteiger partial charge on any atom is -0.508 e. The molecule has 0 atom stereocenters. The van der Waals surface area contributed by atoms with Crippen LogP contribution in [0.5, 0.6) is 23.0 Å². The second-order valence-corrected chi connectivity index (χ2v) is 8.96. The van der Waals surface area contributed by atoms with Crippen LogP contribution in [0.1, 0.15) is 40.9 Å². The average molecular weight is 531 g/mol. The van der Waals surface area contributed by atoms with Crippen LogP contribution in [0.2, 0.25) is 5.02 Å². The Labute approximate surface area is 223 Å². The van der Waals surface area contributed by atoms with Gasteiger partial charge in [0.1, 0.15) is 22.8 Å². The van der Waals surface area contributed by atoms with Crippen LogP contribution >= 0.6 is 24.0 Å². The first-order chi connectivity index (χ1) is 18.4. The van der Waals surface area contributed by atoms with Crippen molar-refractivity contribution in [2.24, 2.45) is 5.16 Å². The second kappa shape index (κ2) is 9.58. The maximum atomic E-state index is 11.3. The molecule has 1 aromatic heterocycles. The van der Waals surface area contributed by atoms with Gasteiger partial charge in [0.05, 0.1) is 10.9 Å². The highest BCUT2D eigenvalue weighted by Crippen LogP contribution is 2.37. The SMILES string of the molecule is Cl.[2H]C1([2H])CC(c2cccc(Cl)c2)CC([2H])([2H])N1Cc1c(O)cc2oc3c(c2c1O)=NOc1cc(O)ccc1C=3. The molecule has 0 unspecified atom stereocenters. The number of fused-ring (bicyclic) bond motifs is 4. The summed E-state index contributed by atoms with van der Waals surface area (Å²) in [6.45, 7) is -4.67. The summed E-state index contributed by atoms with van der Waals surface area (Å²) in [5, 5.41) is 36.7. The van der Waals surface area contributed by atoms with Gasteiger partial charge in [0.25, 0.3) is 0 Å². The van der Waals surface area contributed by atoms with E-state index in [1.54, 1.807) is 36.4 Å². The van der Waals surface area contributed by atoms with Gasteiger partial charge in [-0.1, -0.05) is 28.9 Å². The lowest BCUT2D eigenvalue weighted by Crippen LogP contribution is -2.32. The summed E-state index contributed by atoms with van der Waals surface area (Å²) in [5.41, 5.74) is 1.61. The summed E-state index contributed by atoms with van der Waals surface area (Å²) in [6, 6.07) is 12.7. The van der Waals surface area contributed by atoms with Crippen LogP contribution in [0.25, 0.3) is 17.0 Å². The Morgan fingerprint density at radius 1 is 1.08 bits per heavy atom. The van der Waals surface area contributed by atoms with E-state index in [1.807, 2.05) is 0 Å². The number of hydrogen-bond donors (Lipinski definition) is 3. The number of nitrogens with zero attached hydrogens (tertiary/aromatic N) is 2. The Morgan fingerprint density at radius 2 is 1.89 bits per heavy atom. The van der Waals surface area contributed by atoms with Crippen molar-refractivity contribution in [3.63, 3.8) is 0 Å². The molecule has 36 heavy (non-hydrogen) atoms. The topological polar surface area (TPSA) is 98.7 Å². The molecular weight excluding hydrogens is 503 g/mol. The lowest BCUT2D eigenvalue weighted by Gasteiger charge is -2.32. The Hall–Kier alpha value is -3.39. The first-order valence-corrected chi connectivity index (χ1v) is 11.4. The van der Waals surface area contributed by atoms with Crippen LogP contribution in [0, 0.1) is 0 Å². The largest absolute Gasteiger partial charge is 0.508 e. The molecule has 3 aromatic carbocycles. The molecule has 0 spiro atoms. The summed E-state index contributed by atoms with van der Waals surface area (Å²) in [4.78, 5) is 6.50. The van der Waals surface area contributed by atoms with E-state index >= 15 is 0 Å². The Kier molecular flexibility index (Phi) is 5.26. The van der Waals surface area contributed by atoms with Crippen molar-refractivity contribution < 1.29 is 30.1 Å². The summed E-state index contributed by atoms with van der Waals surface area (Å²) in [7, 11) is 0. The lowest BCUT2D eigenvalue weighted by atomic mass is 9.89. The van der Waals surface area contributed by atoms with Crippen LogP contribution in [0.3, 0.4) is 0 Å². The van der Waals surface area contributed by atoms with Crippen molar-refractivity contribution in [1.82, 2.24) is 4.90 Å². The van der Waals surface area contributed by atoms with Crippen LogP contribution in [0.15, 0.2) is 58.1 Å². The van der Waals surface area contributed by atoms with Crippen LogP contribution in [0.4, 0.5) is 0 Å². The number of benzene rings is 3. The fraction of sp³-hybridized carbons (Fsp3) is 0.222. The van der Waals surface area contributed by atoms with Crippen LogP contribution in [-0.2, 0) is 6.54 Å². The summed E-state index contributed by atoms with van der Waals surface area (Å²) in [5.74, 6) is -0.964. The zero-order valence-corrected chi connectivity index (χ0v) is 20.3. The van der Waals surface area contributed by atoms with Gasteiger partial charge in [0.2, 0.25) is 0 Å². The van der Waals surface area contributed by atoms with Gasteiger partial charge in [-0.25, -0.2) is 0 Å². The molecule has 186 valence electrons. The zero-order chi connectivity index (χ0) is 27.7. The molecule has 4 aromatic rings. The minimum atomic E-state index is -2.12. The van der Waals surface area contributed by atoms with E-state index in [0.29, 0.717) is 10.6 Å². The molecule has 3 N–H and O–H groups in total. The van der Waals surface area contributed by atoms with Crippen molar-refractivity contribution in [2.75, 3.05) is 13.0 Å². The average Bonchev–Trinajstić information content (AvgIpc) is 3.09. The quantitative estimate of drug-likeness (QED) is 0.353. The van der Waals surface area contributed by atoms with Crippen molar-refractivity contribution in [3.05, 3.63) is 81.0 Å². The van der Waals surface area contributed by atoms with Crippen molar-refractivity contribution in [2.45, 2.75) is 25.3 Å². The van der Waals surface area contributed by atoms with Gasteiger partial charge in [-0.15, -0.1) is 12.4 Å². The number of halogens is 2. The highest BCUT2D eigenvalue weighted by atomic mass is 35.5. The number of furan rings is 1. The van der Waals surface area contributed by atoms with Crippen molar-refractivity contribution in [1.29, 1.82) is 0 Å². The van der Waals surface area contributed by atoms with Crippen LogP contribution in [-0.4, -0.2) is 33.2 Å². The number of aromatic hydroxyl groups is 3. The standard InChI is InChI=1S/C27H23ClN2O5.ClH/c28-18-3-1-2-16(10-18)15-6-8-30(9-7-15)14-20-21(32)13-23-25(27(20)33)26-24(34-23)11-17-4-5-19(31)12-22(17)35-29-26;/h1-5,10-13,15,31-33H,6-9,14H2;1H/i8D2,9D2;. The highest BCUT2D eigenvalue weighted by molar-refractivity contribution is 6.30. The molecule has 0 saturated carbocycles. The van der Waals surface area contributed by atoms with Gasteiger partial charge in [-0.3, -0.25) is 4.90 Å². The first kappa shape index (κ1) is 19.8. The smallest absolute Gasteiger partial charge is 0.169 e. The third-order valence-corrected chi connectivity index (χ3v) is 6.48. The number of likely N-dealkylation sites (tertiary alicyclic amines) is 1.